The van der Waals surface area contributed by atoms with Crippen molar-refractivity contribution in [3.05, 3.63) is 0 Å². The van der Waals surface area contributed by atoms with Gasteiger partial charge in [0.05, 0.1) is 31.6 Å². The SMILES string of the molecule is CCNC(=NCCOCCS(C)(=O)=O)NC1CC(OCC)C1(CC)CC.I. The van der Waals surface area contributed by atoms with Crippen LogP contribution in [-0.2, 0) is 19.3 Å². The van der Waals surface area contributed by atoms with Gasteiger partial charge in [-0.25, -0.2) is 8.42 Å². The van der Waals surface area contributed by atoms with Gasteiger partial charge in [0.2, 0.25) is 0 Å². The molecule has 7 nitrogen and oxygen atoms in total. The van der Waals surface area contributed by atoms with E-state index in [1.807, 2.05) is 13.8 Å². The quantitative estimate of drug-likeness (QED) is 0.178. The van der Waals surface area contributed by atoms with Gasteiger partial charge in [-0.2, -0.15) is 0 Å². The standard InChI is InChI=1S/C18H37N3O4S.HI/c1-6-18(7-2)15(14-16(18)25-9-4)21-17(19-8-3)20-10-11-24-12-13-26(5,22)23;/h15-16H,6-14H2,1-5H3,(H2,19,20,21);1H. The fourth-order valence-corrected chi connectivity index (χ4v) is 4.02. The molecule has 0 aliphatic heterocycles. The highest BCUT2D eigenvalue weighted by Gasteiger charge is 2.53. The summed E-state index contributed by atoms with van der Waals surface area (Å²) in [6.45, 7) is 11.2. The Labute approximate surface area is 182 Å². The summed E-state index contributed by atoms with van der Waals surface area (Å²) in [4.78, 5) is 4.55. The van der Waals surface area contributed by atoms with Crippen LogP contribution < -0.4 is 10.6 Å². The fourth-order valence-electron chi connectivity index (χ4n) is 3.60. The third kappa shape index (κ3) is 8.41. The lowest BCUT2D eigenvalue weighted by Gasteiger charge is -2.55. The third-order valence-corrected chi connectivity index (χ3v) is 6.14. The summed E-state index contributed by atoms with van der Waals surface area (Å²) in [5.74, 6) is 0.830. The van der Waals surface area contributed by atoms with Gasteiger partial charge >= 0.3 is 0 Å². The van der Waals surface area contributed by atoms with Crippen LogP contribution in [0.15, 0.2) is 4.99 Å². The van der Waals surface area contributed by atoms with Crippen molar-refractivity contribution in [3.63, 3.8) is 0 Å². The second-order valence-corrected chi connectivity index (χ2v) is 9.08. The maximum Gasteiger partial charge on any atom is 0.191 e. The van der Waals surface area contributed by atoms with E-state index in [0.29, 0.717) is 25.3 Å². The molecule has 0 amide bonds. The minimum Gasteiger partial charge on any atom is -0.378 e. The molecule has 2 unspecified atom stereocenters. The van der Waals surface area contributed by atoms with E-state index < -0.39 is 9.84 Å². The van der Waals surface area contributed by atoms with E-state index in [9.17, 15) is 8.42 Å². The summed E-state index contributed by atoms with van der Waals surface area (Å²) in [5, 5.41) is 6.83. The molecule has 1 saturated carbocycles. The predicted octanol–water partition coefficient (Wildman–Crippen LogP) is 2.20. The number of sulfone groups is 1. The van der Waals surface area contributed by atoms with E-state index in [4.69, 9.17) is 9.47 Å². The van der Waals surface area contributed by atoms with E-state index in [1.165, 1.54) is 6.26 Å². The Balaban J connectivity index is 0.00000676. The Bertz CT molecular complexity index is 539. The van der Waals surface area contributed by atoms with Crippen molar-refractivity contribution in [2.75, 3.05) is 44.9 Å². The highest BCUT2D eigenvalue weighted by molar-refractivity contribution is 14.0. The molecular weight excluding hydrogens is 481 g/mol. The van der Waals surface area contributed by atoms with Crippen molar-refractivity contribution in [2.45, 2.75) is 59.1 Å². The molecule has 0 bridgehead atoms. The van der Waals surface area contributed by atoms with Crippen LogP contribution in [0.1, 0.15) is 47.0 Å². The number of ether oxygens (including phenoxy) is 2. The van der Waals surface area contributed by atoms with E-state index in [0.717, 1.165) is 38.4 Å². The van der Waals surface area contributed by atoms with Gasteiger partial charge in [0, 0.05) is 30.9 Å². The second kappa shape index (κ2) is 13.2. The Morgan fingerprint density at radius 1 is 1.19 bits per heavy atom. The van der Waals surface area contributed by atoms with Gasteiger partial charge in [0.15, 0.2) is 5.96 Å². The first-order valence-corrected chi connectivity index (χ1v) is 11.8. The van der Waals surface area contributed by atoms with Crippen LogP contribution in [0.5, 0.6) is 0 Å². The van der Waals surface area contributed by atoms with Crippen LogP contribution in [0.25, 0.3) is 0 Å². The first-order valence-electron chi connectivity index (χ1n) is 9.74. The molecule has 0 aromatic carbocycles. The van der Waals surface area contributed by atoms with E-state index in [-0.39, 0.29) is 41.8 Å². The Kier molecular flexibility index (Phi) is 13.1. The lowest BCUT2D eigenvalue weighted by atomic mass is 9.58. The Morgan fingerprint density at radius 3 is 2.37 bits per heavy atom. The van der Waals surface area contributed by atoms with Gasteiger partial charge in [-0.3, -0.25) is 4.99 Å². The number of guanidine groups is 1. The number of nitrogens with one attached hydrogen (secondary N) is 2. The summed E-state index contributed by atoms with van der Waals surface area (Å²) in [6, 6.07) is 0.345. The van der Waals surface area contributed by atoms with Crippen LogP contribution >= 0.6 is 24.0 Å². The van der Waals surface area contributed by atoms with Crippen molar-refractivity contribution in [3.8, 4) is 0 Å². The smallest absolute Gasteiger partial charge is 0.191 e. The van der Waals surface area contributed by atoms with Crippen molar-refractivity contribution in [1.29, 1.82) is 0 Å². The summed E-state index contributed by atoms with van der Waals surface area (Å²) in [7, 11) is -2.97. The molecule has 0 spiro atoms. The zero-order chi connectivity index (χ0) is 19.6. The maximum absolute atomic E-state index is 11.1. The van der Waals surface area contributed by atoms with E-state index in [2.05, 4.69) is 29.5 Å². The molecular formula is C18H38IN3O4S. The molecule has 0 aromatic rings. The normalized spacial score (nSPS) is 21.9. The molecule has 0 aromatic heterocycles. The van der Waals surface area contributed by atoms with Gasteiger partial charge in [-0.15, -0.1) is 24.0 Å². The van der Waals surface area contributed by atoms with Crippen LogP contribution in [0.3, 0.4) is 0 Å². The number of nitrogens with zero attached hydrogens (tertiary/aromatic N) is 1. The summed E-state index contributed by atoms with van der Waals surface area (Å²) in [5.41, 5.74) is 0.151. The molecule has 1 aliphatic carbocycles. The predicted molar refractivity (Wildman–Crippen MR) is 122 cm³/mol. The molecule has 162 valence electrons. The molecule has 1 fully saturated rings. The zero-order valence-corrected chi connectivity index (χ0v) is 20.6. The number of aliphatic imine (C=N–C) groups is 1. The highest BCUT2D eigenvalue weighted by atomic mass is 127. The molecule has 1 rings (SSSR count). The molecule has 2 N–H and O–H groups in total. The number of rotatable bonds is 12. The fraction of sp³-hybridized carbons (Fsp3) is 0.944. The molecule has 9 heteroatoms. The third-order valence-electron chi connectivity index (χ3n) is 5.23. The van der Waals surface area contributed by atoms with Crippen molar-refractivity contribution < 1.29 is 17.9 Å². The largest absolute Gasteiger partial charge is 0.378 e. The first-order chi connectivity index (χ1) is 12.3. The molecule has 27 heavy (non-hydrogen) atoms. The topological polar surface area (TPSA) is 89.0 Å². The van der Waals surface area contributed by atoms with Crippen LogP contribution in [-0.4, -0.2) is 71.4 Å². The Morgan fingerprint density at radius 2 is 1.85 bits per heavy atom. The molecule has 1 aliphatic rings. The lowest BCUT2D eigenvalue weighted by Crippen LogP contribution is -2.65. The van der Waals surface area contributed by atoms with Crippen LogP contribution in [0.4, 0.5) is 0 Å². The minimum atomic E-state index is -2.97. The average Bonchev–Trinajstić information content (AvgIpc) is 2.57. The van der Waals surface area contributed by atoms with Gasteiger partial charge < -0.3 is 20.1 Å². The number of halogens is 1. The number of hydrogen-bond acceptors (Lipinski definition) is 5. The van der Waals surface area contributed by atoms with E-state index >= 15 is 0 Å². The molecule has 0 saturated heterocycles. The molecule has 0 radical (unpaired) electrons. The second-order valence-electron chi connectivity index (χ2n) is 6.82. The van der Waals surface area contributed by atoms with Crippen molar-refractivity contribution in [2.24, 2.45) is 10.4 Å². The average molecular weight is 519 g/mol. The minimum absolute atomic E-state index is 0. The number of hydrogen-bond donors (Lipinski definition) is 2. The first kappa shape index (κ1) is 26.9. The summed E-state index contributed by atoms with van der Waals surface area (Å²) >= 11 is 0. The monoisotopic (exact) mass is 519 g/mol. The van der Waals surface area contributed by atoms with Gasteiger partial charge in [0.25, 0.3) is 0 Å². The van der Waals surface area contributed by atoms with Crippen molar-refractivity contribution >= 4 is 39.8 Å². The van der Waals surface area contributed by atoms with Gasteiger partial charge in [0.1, 0.15) is 9.84 Å². The maximum atomic E-state index is 11.1. The van der Waals surface area contributed by atoms with Crippen LogP contribution in [0.2, 0.25) is 0 Å². The van der Waals surface area contributed by atoms with E-state index in [1.54, 1.807) is 0 Å². The van der Waals surface area contributed by atoms with Crippen molar-refractivity contribution in [1.82, 2.24) is 10.6 Å². The Hall–Kier alpha value is -0.130. The molecule has 2 atom stereocenters. The highest BCUT2D eigenvalue weighted by Crippen LogP contribution is 2.48. The molecule has 0 heterocycles. The summed E-state index contributed by atoms with van der Waals surface area (Å²) < 4.78 is 33.4. The van der Waals surface area contributed by atoms with Crippen LogP contribution in [0, 0.1) is 5.41 Å². The van der Waals surface area contributed by atoms with Gasteiger partial charge in [-0.05, 0) is 33.1 Å². The van der Waals surface area contributed by atoms with Gasteiger partial charge in [-0.1, -0.05) is 13.8 Å². The zero-order valence-electron chi connectivity index (χ0n) is 17.4. The summed E-state index contributed by atoms with van der Waals surface area (Å²) in [6.07, 6.45) is 4.65. The lowest BCUT2D eigenvalue weighted by molar-refractivity contribution is -0.133.